The highest BCUT2D eigenvalue weighted by Crippen LogP contribution is 2.38. The number of ether oxygens (including phenoxy) is 3. The van der Waals surface area contributed by atoms with Gasteiger partial charge in [-0.15, -0.1) is 0 Å². The van der Waals surface area contributed by atoms with Gasteiger partial charge in [-0.25, -0.2) is 8.42 Å². The molecule has 2 aromatic rings. The van der Waals surface area contributed by atoms with Gasteiger partial charge in [0.25, 0.3) is 0 Å². The first-order valence-corrected chi connectivity index (χ1v) is 16.5. The molecule has 2 aromatic carbocycles. The number of primary amides is 1. The number of carbonyl (C=O) groups is 2. The number of carbonyl (C=O) groups excluding carboxylic acids is 2. The zero-order chi connectivity index (χ0) is 30.5. The van der Waals surface area contributed by atoms with E-state index in [2.05, 4.69) is 4.90 Å². The van der Waals surface area contributed by atoms with E-state index in [1.165, 1.54) is 0 Å². The number of Topliss-reactive ketones (excluding diaryl/α,β-unsaturated/α-hetero) is 1. The molecule has 0 saturated heterocycles. The van der Waals surface area contributed by atoms with Gasteiger partial charge in [0, 0.05) is 61.5 Å². The number of likely N-dealkylation sites (N-methyl/N-ethyl adjacent to an activating group) is 1. The number of ketones is 1. The van der Waals surface area contributed by atoms with Gasteiger partial charge < -0.3 is 24.8 Å². The second-order valence-corrected chi connectivity index (χ2v) is 13.3. The number of fused-ring (bicyclic) bond motifs is 1. The van der Waals surface area contributed by atoms with Gasteiger partial charge in [0.2, 0.25) is 5.91 Å². The van der Waals surface area contributed by atoms with E-state index >= 15 is 0 Å². The fourth-order valence-corrected chi connectivity index (χ4v) is 6.73. The van der Waals surface area contributed by atoms with Gasteiger partial charge in [0.1, 0.15) is 5.78 Å². The topological polar surface area (TPSA) is 125 Å². The zero-order valence-corrected chi connectivity index (χ0v) is 26.3. The molecule has 0 fully saturated rings. The molecule has 42 heavy (non-hydrogen) atoms. The molecule has 0 aliphatic carbocycles. The van der Waals surface area contributed by atoms with Crippen LogP contribution in [0.4, 0.5) is 0 Å². The Labute approximate surface area is 258 Å². The zero-order valence-electron chi connectivity index (χ0n) is 24.0. The maximum absolute atomic E-state index is 13.1. The Bertz CT molecular complexity index is 1310. The summed E-state index contributed by atoms with van der Waals surface area (Å²) in [6, 6.07) is 10.8. The first-order chi connectivity index (χ1) is 20.1. The summed E-state index contributed by atoms with van der Waals surface area (Å²) < 4.78 is 42.6. The third kappa shape index (κ3) is 11.2. The molecule has 232 valence electrons. The van der Waals surface area contributed by atoms with Crippen molar-refractivity contribution in [3.05, 3.63) is 63.1 Å². The van der Waals surface area contributed by atoms with Crippen LogP contribution in [0.1, 0.15) is 54.7 Å². The first-order valence-electron chi connectivity index (χ1n) is 14.1. The number of amides is 1. The molecule has 0 spiro atoms. The summed E-state index contributed by atoms with van der Waals surface area (Å²) in [6.45, 7) is 3.70. The number of nitrogens with two attached hydrogens (primary N) is 1. The molecule has 1 amide bonds. The Hall–Kier alpha value is -2.05. The third-order valence-electron chi connectivity index (χ3n) is 6.95. The van der Waals surface area contributed by atoms with E-state index in [0.29, 0.717) is 80.4 Å². The van der Waals surface area contributed by atoms with Crippen molar-refractivity contribution in [1.29, 1.82) is 0 Å². The van der Waals surface area contributed by atoms with Crippen LogP contribution in [0, 0.1) is 0 Å². The van der Waals surface area contributed by atoms with Crippen LogP contribution in [0.25, 0.3) is 0 Å². The minimum absolute atomic E-state index is 0.00209. The predicted octanol–water partition coefficient (Wildman–Crippen LogP) is 4.40. The minimum atomic E-state index is -3.49. The van der Waals surface area contributed by atoms with Gasteiger partial charge in [0.15, 0.2) is 9.84 Å². The molecule has 12 heteroatoms. The Balaban J connectivity index is 1.33. The van der Waals surface area contributed by atoms with Gasteiger partial charge in [-0.1, -0.05) is 35.3 Å². The fourth-order valence-electron chi connectivity index (χ4n) is 4.83. The lowest BCUT2D eigenvalue weighted by molar-refractivity contribution is -0.124. The molecular formula is C30H40Cl2N2O7S. The lowest BCUT2D eigenvalue weighted by atomic mass is 9.85. The van der Waals surface area contributed by atoms with Crippen LogP contribution in [0.3, 0.4) is 0 Å². The summed E-state index contributed by atoms with van der Waals surface area (Å²) in [5, 5.41) is 1.19. The van der Waals surface area contributed by atoms with Crippen LogP contribution in [0.2, 0.25) is 10.0 Å². The number of rotatable bonds is 19. The Morgan fingerprint density at radius 2 is 1.60 bits per heavy atom. The summed E-state index contributed by atoms with van der Waals surface area (Å²) in [4.78, 5) is 24.7. The summed E-state index contributed by atoms with van der Waals surface area (Å²) in [5.74, 6) is -0.528. The smallest absolute Gasteiger partial charge is 0.217 e. The van der Waals surface area contributed by atoms with Gasteiger partial charge in [-0.05, 0) is 60.8 Å². The number of halogens is 2. The summed E-state index contributed by atoms with van der Waals surface area (Å²) in [7, 11) is -1.47. The average Bonchev–Trinajstić information content (AvgIpc) is 2.94. The molecule has 1 unspecified atom stereocenters. The molecule has 1 aliphatic rings. The fraction of sp³-hybridized carbons (Fsp3) is 0.533. The van der Waals surface area contributed by atoms with E-state index in [-0.39, 0.29) is 30.3 Å². The molecule has 0 saturated carbocycles. The highest BCUT2D eigenvalue weighted by atomic mass is 35.5. The van der Waals surface area contributed by atoms with Crippen molar-refractivity contribution < 1.29 is 32.2 Å². The normalized spacial score (nSPS) is 15.5. The lowest BCUT2D eigenvalue weighted by Gasteiger charge is -2.33. The van der Waals surface area contributed by atoms with Crippen molar-refractivity contribution in [3.8, 4) is 0 Å². The average molecular weight is 644 g/mol. The summed E-state index contributed by atoms with van der Waals surface area (Å²) >= 11 is 12.8. The van der Waals surface area contributed by atoms with E-state index in [1.54, 1.807) is 24.3 Å². The first kappa shape index (κ1) is 34.4. The van der Waals surface area contributed by atoms with Gasteiger partial charge >= 0.3 is 0 Å². The molecular weight excluding hydrogens is 603 g/mol. The maximum atomic E-state index is 13.1. The lowest BCUT2D eigenvalue weighted by Crippen LogP contribution is -2.31. The van der Waals surface area contributed by atoms with Crippen molar-refractivity contribution in [2.45, 2.75) is 49.5 Å². The van der Waals surface area contributed by atoms with E-state index < -0.39 is 15.7 Å². The molecule has 9 nitrogen and oxygen atoms in total. The third-order valence-corrected chi connectivity index (χ3v) is 9.31. The van der Waals surface area contributed by atoms with E-state index in [0.717, 1.165) is 23.2 Å². The van der Waals surface area contributed by atoms with Gasteiger partial charge in [0.05, 0.1) is 37.1 Å². The van der Waals surface area contributed by atoms with Crippen molar-refractivity contribution in [3.63, 3.8) is 0 Å². The van der Waals surface area contributed by atoms with Crippen molar-refractivity contribution in [1.82, 2.24) is 4.90 Å². The Kier molecular flexibility index (Phi) is 14.2. The number of hydrogen-bond acceptors (Lipinski definition) is 8. The Morgan fingerprint density at radius 3 is 2.29 bits per heavy atom. The van der Waals surface area contributed by atoms with Crippen LogP contribution in [0.5, 0.6) is 0 Å². The number of sulfone groups is 1. The Morgan fingerprint density at radius 1 is 0.929 bits per heavy atom. The highest BCUT2D eigenvalue weighted by molar-refractivity contribution is 7.91. The van der Waals surface area contributed by atoms with Crippen molar-refractivity contribution in [2.24, 2.45) is 5.73 Å². The van der Waals surface area contributed by atoms with Crippen LogP contribution < -0.4 is 5.73 Å². The molecule has 1 aliphatic heterocycles. The highest BCUT2D eigenvalue weighted by Gasteiger charge is 2.28. The van der Waals surface area contributed by atoms with E-state index in [9.17, 15) is 18.0 Å². The van der Waals surface area contributed by atoms with Crippen molar-refractivity contribution >= 4 is 44.7 Å². The van der Waals surface area contributed by atoms with Crippen molar-refractivity contribution in [2.75, 3.05) is 59.0 Å². The molecule has 0 bridgehead atoms. The largest absolute Gasteiger partial charge is 0.379 e. The van der Waals surface area contributed by atoms with Crippen LogP contribution in [-0.2, 0) is 40.2 Å². The number of nitrogens with zero attached hydrogens (tertiary/aromatic N) is 1. The molecule has 1 atom stereocenters. The van der Waals surface area contributed by atoms with Crippen LogP contribution >= 0.6 is 23.2 Å². The number of benzene rings is 2. The molecule has 0 radical (unpaired) electrons. The second kappa shape index (κ2) is 17.3. The number of hydrogen-bond donors (Lipinski definition) is 1. The predicted molar refractivity (Wildman–Crippen MR) is 163 cm³/mol. The summed E-state index contributed by atoms with van der Waals surface area (Å²) in [6.07, 6.45) is 1.58. The standard InChI is InChI=1S/C30H40Cl2N2O7S/c1-34-20-27(26-18-23(31)19-29(32)28(26)21-34)22-5-2-7-25(17-22)42(37,38)16-4-11-40-13-15-41-14-12-39-10-3-6-24(35)8-9-30(33)36/h2,5,7,17-19,27H,3-4,6,8-16,20-21H2,1H3,(H2,33,36). The van der Waals surface area contributed by atoms with Gasteiger partial charge in [-0.2, -0.15) is 0 Å². The second-order valence-electron chi connectivity index (χ2n) is 10.4. The quantitative estimate of drug-likeness (QED) is 0.224. The van der Waals surface area contributed by atoms with E-state index in [4.69, 9.17) is 43.1 Å². The monoisotopic (exact) mass is 642 g/mol. The van der Waals surface area contributed by atoms with E-state index in [1.807, 2.05) is 19.2 Å². The minimum Gasteiger partial charge on any atom is -0.379 e. The van der Waals surface area contributed by atoms with Crippen LogP contribution in [0.15, 0.2) is 41.3 Å². The maximum Gasteiger partial charge on any atom is 0.217 e. The summed E-state index contributed by atoms with van der Waals surface area (Å²) in [5.41, 5.74) is 7.99. The molecule has 2 N–H and O–H groups in total. The molecule has 0 aromatic heterocycles. The van der Waals surface area contributed by atoms with Crippen LogP contribution in [-0.4, -0.2) is 84.0 Å². The van der Waals surface area contributed by atoms with Gasteiger partial charge in [-0.3, -0.25) is 9.59 Å². The SMILES string of the molecule is CN1Cc2c(Cl)cc(Cl)cc2C(c2cccc(S(=O)(=O)CCCOCCOCCOCCCC(=O)CCC(N)=O)c2)C1. The molecule has 3 rings (SSSR count). The molecule has 1 heterocycles.